The van der Waals surface area contributed by atoms with Gasteiger partial charge in [-0.1, -0.05) is 6.07 Å². The molecule has 1 atom stereocenters. The van der Waals surface area contributed by atoms with Crippen LogP contribution in [-0.4, -0.2) is 13.1 Å². The number of benzene rings is 1. The first-order valence-electron chi connectivity index (χ1n) is 6.22. The van der Waals surface area contributed by atoms with E-state index in [1.165, 1.54) is 0 Å². The number of halogens is 4. The van der Waals surface area contributed by atoms with Gasteiger partial charge in [0.05, 0.1) is 5.56 Å². The zero-order valence-electron chi connectivity index (χ0n) is 10.3. The zero-order valence-corrected chi connectivity index (χ0v) is 10.3. The predicted octanol–water partition coefficient (Wildman–Crippen LogP) is 2.84. The standard InChI is InChI=1S/C13H16F4N2/c14-9-3-4-10(11(5-9)13(15,16)17)12(6-18)19-7-8-1-2-8/h3-5,8,12,19H,1-2,6-7,18H2. The van der Waals surface area contributed by atoms with Crippen LogP contribution in [0.15, 0.2) is 18.2 Å². The van der Waals surface area contributed by atoms with Crippen LogP contribution in [0.2, 0.25) is 0 Å². The number of rotatable bonds is 5. The minimum absolute atomic E-state index is 0.0112. The Morgan fingerprint density at radius 3 is 2.53 bits per heavy atom. The van der Waals surface area contributed by atoms with E-state index in [2.05, 4.69) is 5.32 Å². The maximum atomic E-state index is 13.0. The molecular formula is C13H16F4N2. The normalized spacial score (nSPS) is 17.5. The fourth-order valence-corrected chi connectivity index (χ4v) is 2.03. The number of hydrogen-bond acceptors (Lipinski definition) is 2. The van der Waals surface area contributed by atoms with E-state index in [0.717, 1.165) is 25.0 Å². The van der Waals surface area contributed by atoms with Gasteiger partial charge in [0.25, 0.3) is 0 Å². The molecule has 0 heterocycles. The van der Waals surface area contributed by atoms with Crippen LogP contribution in [0.4, 0.5) is 17.6 Å². The molecule has 0 amide bonds. The van der Waals surface area contributed by atoms with Gasteiger partial charge >= 0.3 is 6.18 Å². The molecule has 3 N–H and O–H groups in total. The van der Waals surface area contributed by atoms with E-state index in [1.807, 2.05) is 0 Å². The topological polar surface area (TPSA) is 38.0 Å². The monoisotopic (exact) mass is 276 g/mol. The summed E-state index contributed by atoms with van der Waals surface area (Å²) in [6, 6.07) is 2.12. The van der Waals surface area contributed by atoms with Crippen LogP contribution in [0.1, 0.15) is 30.0 Å². The molecule has 1 aromatic carbocycles. The second kappa shape index (κ2) is 5.46. The van der Waals surface area contributed by atoms with Gasteiger partial charge in [0.1, 0.15) is 5.82 Å². The largest absolute Gasteiger partial charge is 0.416 e. The van der Waals surface area contributed by atoms with Crippen molar-refractivity contribution in [2.75, 3.05) is 13.1 Å². The minimum Gasteiger partial charge on any atom is -0.329 e. The van der Waals surface area contributed by atoms with Crippen LogP contribution in [0.3, 0.4) is 0 Å². The van der Waals surface area contributed by atoms with E-state index in [-0.39, 0.29) is 12.1 Å². The van der Waals surface area contributed by atoms with Crippen molar-refractivity contribution in [3.05, 3.63) is 35.1 Å². The SMILES string of the molecule is NCC(NCC1CC1)c1ccc(F)cc1C(F)(F)F. The quantitative estimate of drug-likeness (QED) is 0.812. The Bertz CT molecular complexity index is 441. The summed E-state index contributed by atoms with van der Waals surface area (Å²) in [4.78, 5) is 0. The molecule has 1 aliphatic carbocycles. The van der Waals surface area contributed by atoms with Gasteiger partial charge in [0.15, 0.2) is 0 Å². The van der Waals surface area contributed by atoms with Gasteiger partial charge < -0.3 is 11.1 Å². The van der Waals surface area contributed by atoms with Gasteiger partial charge in [-0.15, -0.1) is 0 Å². The average molecular weight is 276 g/mol. The second-order valence-electron chi connectivity index (χ2n) is 4.87. The van der Waals surface area contributed by atoms with Crippen LogP contribution in [0.25, 0.3) is 0 Å². The molecule has 2 nitrogen and oxygen atoms in total. The number of hydrogen-bond donors (Lipinski definition) is 2. The Hall–Kier alpha value is -1.14. The van der Waals surface area contributed by atoms with Crippen molar-refractivity contribution in [3.8, 4) is 0 Å². The maximum Gasteiger partial charge on any atom is 0.416 e. The molecule has 1 unspecified atom stereocenters. The molecule has 0 radical (unpaired) electrons. The van der Waals surface area contributed by atoms with Crippen molar-refractivity contribution >= 4 is 0 Å². The Kier molecular flexibility index (Phi) is 4.10. The number of nitrogens with one attached hydrogen (secondary N) is 1. The first kappa shape index (κ1) is 14.3. The summed E-state index contributed by atoms with van der Waals surface area (Å²) >= 11 is 0. The third kappa shape index (κ3) is 3.67. The summed E-state index contributed by atoms with van der Waals surface area (Å²) < 4.78 is 51.7. The molecule has 1 fully saturated rings. The smallest absolute Gasteiger partial charge is 0.329 e. The Labute approximate surface area is 109 Å². The summed E-state index contributed by atoms with van der Waals surface area (Å²) in [5, 5.41) is 3.03. The average Bonchev–Trinajstić information content (AvgIpc) is 3.14. The van der Waals surface area contributed by atoms with E-state index in [0.29, 0.717) is 18.5 Å². The summed E-state index contributed by atoms with van der Waals surface area (Å²) in [5.41, 5.74) is 4.60. The van der Waals surface area contributed by atoms with Crippen LogP contribution in [-0.2, 0) is 6.18 Å². The third-order valence-corrected chi connectivity index (χ3v) is 3.28. The van der Waals surface area contributed by atoms with E-state index >= 15 is 0 Å². The van der Waals surface area contributed by atoms with Gasteiger partial charge in [0, 0.05) is 12.6 Å². The van der Waals surface area contributed by atoms with Crippen LogP contribution in [0, 0.1) is 11.7 Å². The van der Waals surface area contributed by atoms with E-state index < -0.39 is 23.6 Å². The Morgan fingerprint density at radius 1 is 1.32 bits per heavy atom. The summed E-state index contributed by atoms with van der Waals surface area (Å²) in [7, 11) is 0. The highest BCUT2D eigenvalue weighted by atomic mass is 19.4. The highest BCUT2D eigenvalue weighted by Crippen LogP contribution is 2.35. The molecule has 106 valence electrons. The Morgan fingerprint density at radius 2 is 2.00 bits per heavy atom. The van der Waals surface area contributed by atoms with Gasteiger partial charge in [-0.2, -0.15) is 13.2 Å². The van der Waals surface area contributed by atoms with Gasteiger partial charge in [-0.25, -0.2) is 4.39 Å². The van der Waals surface area contributed by atoms with Crippen LogP contribution in [0.5, 0.6) is 0 Å². The van der Waals surface area contributed by atoms with Gasteiger partial charge in [0.2, 0.25) is 0 Å². The van der Waals surface area contributed by atoms with Gasteiger partial charge in [-0.3, -0.25) is 0 Å². The fourth-order valence-electron chi connectivity index (χ4n) is 2.03. The highest BCUT2D eigenvalue weighted by molar-refractivity contribution is 5.33. The first-order chi connectivity index (χ1) is 8.91. The molecule has 19 heavy (non-hydrogen) atoms. The first-order valence-corrected chi connectivity index (χ1v) is 6.22. The van der Waals surface area contributed by atoms with Crippen LogP contribution < -0.4 is 11.1 Å². The molecule has 1 saturated carbocycles. The van der Waals surface area contributed by atoms with Crippen molar-refractivity contribution in [1.29, 1.82) is 0 Å². The molecule has 0 aliphatic heterocycles. The van der Waals surface area contributed by atoms with E-state index in [1.54, 1.807) is 0 Å². The lowest BCUT2D eigenvalue weighted by Gasteiger charge is -2.21. The zero-order chi connectivity index (χ0) is 14.0. The van der Waals surface area contributed by atoms with Crippen molar-refractivity contribution in [1.82, 2.24) is 5.32 Å². The molecule has 0 spiro atoms. The van der Waals surface area contributed by atoms with Crippen molar-refractivity contribution in [2.24, 2.45) is 11.7 Å². The lowest BCUT2D eigenvalue weighted by atomic mass is 9.99. The molecule has 2 rings (SSSR count). The lowest BCUT2D eigenvalue weighted by molar-refractivity contribution is -0.138. The summed E-state index contributed by atoms with van der Waals surface area (Å²) in [6.45, 7) is 0.692. The Balaban J connectivity index is 2.24. The molecular weight excluding hydrogens is 260 g/mol. The van der Waals surface area contributed by atoms with Crippen molar-refractivity contribution in [3.63, 3.8) is 0 Å². The molecule has 1 aliphatic rings. The van der Waals surface area contributed by atoms with Crippen molar-refractivity contribution in [2.45, 2.75) is 25.1 Å². The molecule has 1 aromatic rings. The second-order valence-corrected chi connectivity index (χ2v) is 4.87. The molecule has 0 bridgehead atoms. The third-order valence-electron chi connectivity index (χ3n) is 3.28. The van der Waals surface area contributed by atoms with Gasteiger partial charge in [-0.05, 0) is 43.0 Å². The molecule has 6 heteroatoms. The maximum absolute atomic E-state index is 13.0. The fraction of sp³-hybridized carbons (Fsp3) is 0.538. The molecule has 0 saturated heterocycles. The predicted molar refractivity (Wildman–Crippen MR) is 63.9 cm³/mol. The summed E-state index contributed by atoms with van der Waals surface area (Å²) in [6.07, 6.45) is -2.38. The van der Waals surface area contributed by atoms with Crippen LogP contribution >= 0.6 is 0 Å². The molecule has 0 aromatic heterocycles. The number of nitrogens with two attached hydrogens (primary N) is 1. The highest BCUT2D eigenvalue weighted by Gasteiger charge is 2.35. The van der Waals surface area contributed by atoms with Crippen molar-refractivity contribution < 1.29 is 17.6 Å². The lowest BCUT2D eigenvalue weighted by Crippen LogP contribution is -2.31. The van der Waals surface area contributed by atoms with E-state index in [4.69, 9.17) is 5.73 Å². The summed E-state index contributed by atoms with van der Waals surface area (Å²) in [5.74, 6) is -0.363. The van der Waals surface area contributed by atoms with E-state index in [9.17, 15) is 17.6 Å². The number of alkyl halides is 3. The minimum atomic E-state index is -4.58.